The Kier molecular flexibility index (Phi) is 6.17. The Morgan fingerprint density at radius 3 is 2.33 bits per heavy atom. The standard InChI is InChI=1S/C22H23N3O5/c1-14-19(21(28)25(24(14)3)18-7-5-4-6-8-18)23-20(27)15(2)30-22(29)17-11-9-16(13-26)10-12-17/h4-12,15,26H,13H2,1-3H3,(H,23,27)/t15-/m0/s1. The van der Waals surface area contributed by atoms with E-state index in [0.717, 1.165) is 0 Å². The van der Waals surface area contributed by atoms with Crippen LogP contribution in [0.2, 0.25) is 0 Å². The van der Waals surface area contributed by atoms with E-state index in [1.54, 1.807) is 42.9 Å². The zero-order valence-corrected chi connectivity index (χ0v) is 17.0. The minimum Gasteiger partial charge on any atom is -0.449 e. The van der Waals surface area contributed by atoms with Gasteiger partial charge in [-0.2, -0.15) is 0 Å². The monoisotopic (exact) mass is 409 g/mol. The van der Waals surface area contributed by atoms with Gasteiger partial charge in [-0.05, 0) is 43.7 Å². The molecule has 0 bridgehead atoms. The highest BCUT2D eigenvalue weighted by Gasteiger charge is 2.23. The van der Waals surface area contributed by atoms with E-state index in [-0.39, 0.29) is 23.4 Å². The zero-order valence-electron chi connectivity index (χ0n) is 17.0. The minimum absolute atomic E-state index is 0.126. The average molecular weight is 409 g/mol. The maximum Gasteiger partial charge on any atom is 0.338 e. The number of rotatable bonds is 6. The summed E-state index contributed by atoms with van der Waals surface area (Å²) < 4.78 is 8.31. The molecule has 3 aromatic rings. The highest BCUT2D eigenvalue weighted by molar-refractivity contribution is 5.97. The Morgan fingerprint density at radius 1 is 1.10 bits per heavy atom. The summed E-state index contributed by atoms with van der Waals surface area (Å²) in [5.74, 6) is -1.28. The lowest BCUT2D eigenvalue weighted by Gasteiger charge is -2.13. The summed E-state index contributed by atoms with van der Waals surface area (Å²) in [4.78, 5) is 37.7. The molecule has 1 atom stereocenters. The van der Waals surface area contributed by atoms with E-state index in [4.69, 9.17) is 9.84 Å². The summed E-state index contributed by atoms with van der Waals surface area (Å²) in [7, 11) is 1.72. The molecule has 8 heteroatoms. The topological polar surface area (TPSA) is 103 Å². The van der Waals surface area contributed by atoms with Crippen LogP contribution in [0.15, 0.2) is 59.4 Å². The fraction of sp³-hybridized carbons (Fsp3) is 0.227. The molecule has 3 rings (SSSR count). The van der Waals surface area contributed by atoms with E-state index < -0.39 is 18.0 Å². The summed E-state index contributed by atoms with van der Waals surface area (Å²) in [6.45, 7) is 3.02. The number of aliphatic hydroxyl groups excluding tert-OH is 1. The summed E-state index contributed by atoms with van der Waals surface area (Å²) in [5.41, 5.74) is 1.89. The average Bonchev–Trinajstić information content (AvgIpc) is 2.97. The molecular weight excluding hydrogens is 386 g/mol. The van der Waals surface area contributed by atoms with Gasteiger partial charge in [-0.3, -0.25) is 14.3 Å². The van der Waals surface area contributed by atoms with Crippen LogP contribution in [0.3, 0.4) is 0 Å². The van der Waals surface area contributed by atoms with Crippen molar-refractivity contribution in [3.8, 4) is 5.69 Å². The number of hydrogen-bond acceptors (Lipinski definition) is 5. The van der Waals surface area contributed by atoms with Crippen molar-refractivity contribution < 1.29 is 19.4 Å². The van der Waals surface area contributed by atoms with Gasteiger partial charge in [-0.1, -0.05) is 30.3 Å². The Hall–Kier alpha value is -3.65. The third-order valence-corrected chi connectivity index (χ3v) is 4.83. The highest BCUT2D eigenvalue weighted by Crippen LogP contribution is 2.15. The predicted octanol–water partition coefficient (Wildman–Crippen LogP) is 2.16. The van der Waals surface area contributed by atoms with Crippen LogP contribution >= 0.6 is 0 Å². The zero-order chi connectivity index (χ0) is 21.8. The van der Waals surface area contributed by atoms with Crippen LogP contribution in [0, 0.1) is 6.92 Å². The molecule has 30 heavy (non-hydrogen) atoms. The first-order valence-electron chi connectivity index (χ1n) is 9.39. The first kappa shape index (κ1) is 21.1. The number of para-hydroxylation sites is 1. The van der Waals surface area contributed by atoms with Crippen molar-refractivity contribution in [1.82, 2.24) is 9.36 Å². The molecule has 0 radical (unpaired) electrons. The normalized spacial score (nSPS) is 11.7. The molecule has 156 valence electrons. The molecular formula is C22H23N3O5. The molecule has 1 aromatic heterocycles. The van der Waals surface area contributed by atoms with Crippen LogP contribution in [-0.2, 0) is 23.2 Å². The van der Waals surface area contributed by atoms with Crippen LogP contribution in [-0.4, -0.2) is 32.5 Å². The lowest BCUT2D eigenvalue weighted by Crippen LogP contribution is -2.32. The minimum atomic E-state index is -1.11. The largest absolute Gasteiger partial charge is 0.449 e. The van der Waals surface area contributed by atoms with Crippen molar-refractivity contribution in [2.75, 3.05) is 5.32 Å². The fourth-order valence-corrected chi connectivity index (χ4v) is 2.97. The van der Waals surface area contributed by atoms with E-state index in [2.05, 4.69) is 5.32 Å². The second-order valence-corrected chi connectivity index (χ2v) is 6.83. The van der Waals surface area contributed by atoms with Gasteiger partial charge in [0.1, 0.15) is 5.69 Å². The van der Waals surface area contributed by atoms with Crippen molar-refractivity contribution in [1.29, 1.82) is 0 Å². The van der Waals surface area contributed by atoms with Crippen LogP contribution < -0.4 is 10.9 Å². The molecule has 2 N–H and O–H groups in total. The third-order valence-electron chi connectivity index (χ3n) is 4.83. The van der Waals surface area contributed by atoms with Crippen molar-refractivity contribution >= 4 is 17.6 Å². The molecule has 1 heterocycles. The Labute approximate surface area is 173 Å². The lowest BCUT2D eigenvalue weighted by molar-refractivity contribution is -0.123. The number of amides is 1. The SMILES string of the molecule is Cc1c(NC(=O)[C@H](C)OC(=O)c2ccc(CO)cc2)c(=O)n(-c2ccccc2)n1C. The maximum atomic E-state index is 12.9. The van der Waals surface area contributed by atoms with Crippen molar-refractivity contribution in [3.05, 3.63) is 81.8 Å². The number of aromatic nitrogens is 2. The Bertz CT molecular complexity index is 1110. The Morgan fingerprint density at radius 2 is 1.73 bits per heavy atom. The molecule has 2 aromatic carbocycles. The molecule has 8 nitrogen and oxygen atoms in total. The molecule has 0 aliphatic heterocycles. The molecule has 0 aliphatic carbocycles. The number of carbonyl (C=O) groups excluding carboxylic acids is 2. The first-order valence-corrected chi connectivity index (χ1v) is 9.39. The van der Waals surface area contributed by atoms with Gasteiger partial charge in [-0.25, -0.2) is 9.48 Å². The van der Waals surface area contributed by atoms with Gasteiger partial charge in [0.25, 0.3) is 11.5 Å². The molecule has 0 saturated carbocycles. The first-order chi connectivity index (χ1) is 14.3. The van der Waals surface area contributed by atoms with Gasteiger partial charge in [0.2, 0.25) is 0 Å². The number of benzene rings is 2. The van der Waals surface area contributed by atoms with Crippen LogP contribution in [0.5, 0.6) is 0 Å². The van der Waals surface area contributed by atoms with Crippen LogP contribution in [0.4, 0.5) is 5.69 Å². The lowest BCUT2D eigenvalue weighted by atomic mass is 10.1. The number of aliphatic hydroxyl groups is 1. The van der Waals surface area contributed by atoms with Crippen LogP contribution in [0.25, 0.3) is 5.69 Å². The number of carbonyl (C=O) groups is 2. The highest BCUT2D eigenvalue weighted by atomic mass is 16.5. The second kappa shape index (κ2) is 8.79. The predicted molar refractivity (Wildman–Crippen MR) is 112 cm³/mol. The number of nitrogens with one attached hydrogen (secondary N) is 1. The summed E-state index contributed by atoms with van der Waals surface area (Å²) in [6.07, 6.45) is -1.11. The van der Waals surface area contributed by atoms with E-state index in [1.165, 1.54) is 23.7 Å². The van der Waals surface area contributed by atoms with Gasteiger partial charge < -0.3 is 15.2 Å². The molecule has 0 spiro atoms. The second-order valence-electron chi connectivity index (χ2n) is 6.83. The fourth-order valence-electron chi connectivity index (χ4n) is 2.97. The van der Waals surface area contributed by atoms with Gasteiger partial charge in [0.15, 0.2) is 6.10 Å². The van der Waals surface area contributed by atoms with Gasteiger partial charge in [0.05, 0.1) is 23.6 Å². The summed E-state index contributed by atoms with van der Waals surface area (Å²) in [6, 6.07) is 15.3. The van der Waals surface area contributed by atoms with E-state index in [0.29, 0.717) is 16.9 Å². The molecule has 1 amide bonds. The summed E-state index contributed by atoms with van der Waals surface area (Å²) >= 11 is 0. The number of anilines is 1. The molecule has 0 unspecified atom stereocenters. The molecule has 0 saturated heterocycles. The summed E-state index contributed by atoms with van der Waals surface area (Å²) in [5, 5.41) is 11.6. The van der Waals surface area contributed by atoms with E-state index in [9.17, 15) is 14.4 Å². The van der Waals surface area contributed by atoms with Crippen molar-refractivity contribution in [3.63, 3.8) is 0 Å². The van der Waals surface area contributed by atoms with Gasteiger partial charge in [0, 0.05) is 7.05 Å². The van der Waals surface area contributed by atoms with Crippen molar-refractivity contribution in [2.45, 2.75) is 26.6 Å². The van der Waals surface area contributed by atoms with E-state index in [1.807, 2.05) is 18.2 Å². The van der Waals surface area contributed by atoms with Gasteiger partial charge >= 0.3 is 5.97 Å². The van der Waals surface area contributed by atoms with Crippen molar-refractivity contribution in [2.24, 2.45) is 7.05 Å². The number of hydrogen-bond donors (Lipinski definition) is 2. The van der Waals surface area contributed by atoms with Gasteiger partial charge in [-0.15, -0.1) is 0 Å². The van der Waals surface area contributed by atoms with E-state index >= 15 is 0 Å². The molecule has 0 fully saturated rings. The Balaban J connectivity index is 1.75. The third kappa shape index (κ3) is 4.18. The maximum absolute atomic E-state index is 12.9. The van der Waals surface area contributed by atoms with Crippen LogP contribution in [0.1, 0.15) is 28.5 Å². The number of nitrogens with zero attached hydrogens (tertiary/aromatic N) is 2. The quantitative estimate of drug-likeness (QED) is 0.608. The number of esters is 1. The number of ether oxygens (including phenoxy) is 1. The smallest absolute Gasteiger partial charge is 0.338 e. The molecule has 0 aliphatic rings.